The molecule has 2 nitrogen and oxygen atoms in total. The number of likely N-dealkylation sites (N-methyl/N-ethyl adjacent to an activating group) is 1. The molecule has 1 aliphatic rings. The lowest BCUT2D eigenvalue weighted by Crippen LogP contribution is -2.31. The molecule has 0 spiro atoms. The first kappa shape index (κ1) is 11.2. The van der Waals surface area contributed by atoms with Crippen LogP contribution in [0.3, 0.4) is 0 Å². The minimum Gasteiger partial charge on any atom is -0.374 e. The average Bonchev–Trinajstić information content (AvgIpc) is 2.39. The summed E-state index contributed by atoms with van der Waals surface area (Å²) in [5, 5.41) is 0. The van der Waals surface area contributed by atoms with E-state index < -0.39 is 0 Å². The summed E-state index contributed by atoms with van der Waals surface area (Å²) in [6, 6.07) is 10.1. The summed E-state index contributed by atoms with van der Waals surface area (Å²) in [5.74, 6) is 0.00295. The summed E-state index contributed by atoms with van der Waals surface area (Å²) in [4.78, 5) is 6.01. The van der Waals surface area contributed by atoms with Crippen molar-refractivity contribution in [2.75, 3.05) is 18.5 Å². The average molecular weight is 242 g/mol. The van der Waals surface area contributed by atoms with Crippen molar-refractivity contribution in [3.8, 4) is 0 Å². The molecule has 1 unspecified atom stereocenters. The zero-order valence-electron chi connectivity index (χ0n) is 10.3. The lowest BCUT2D eigenvalue weighted by atomic mass is 9.87. The molecule has 1 atom stereocenters. The quantitative estimate of drug-likeness (QED) is 0.764. The number of pyridine rings is 1. The van der Waals surface area contributed by atoms with Gasteiger partial charge in [0.1, 0.15) is 5.82 Å². The Kier molecular flexibility index (Phi) is 2.74. The molecular weight excluding hydrogens is 227 g/mol. The van der Waals surface area contributed by atoms with Gasteiger partial charge in [-0.2, -0.15) is 0 Å². The van der Waals surface area contributed by atoms with Gasteiger partial charge in [-0.15, -0.1) is 0 Å². The van der Waals surface area contributed by atoms with E-state index in [-0.39, 0.29) is 11.7 Å². The molecule has 0 amide bonds. The van der Waals surface area contributed by atoms with E-state index in [1.165, 1.54) is 17.4 Å². The van der Waals surface area contributed by atoms with E-state index in [1.54, 1.807) is 12.3 Å². The minimum atomic E-state index is -0.199. The van der Waals surface area contributed by atoms with Crippen LogP contribution in [0.2, 0.25) is 0 Å². The molecule has 0 N–H and O–H groups in total. The topological polar surface area (TPSA) is 16.1 Å². The number of benzene rings is 1. The molecule has 2 heterocycles. The Bertz CT molecular complexity index is 568. The number of hydrogen-bond acceptors (Lipinski definition) is 2. The second-order valence-corrected chi connectivity index (χ2v) is 4.81. The highest BCUT2D eigenvalue weighted by atomic mass is 19.1. The number of halogens is 1. The van der Waals surface area contributed by atoms with Crippen LogP contribution < -0.4 is 4.90 Å². The van der Waals surface area contributed by atoms with Crippen LogP contribution in [0, 0.1) is 5.82 Å². The molecule has 1 aliphatic heterocycles. The number of rotatable bonds is 1. The van der Waals surface area contributed by atoms with E-state index in [1.807, 2.05) is 12.1 Å². The minimum absolute atomic E-state index is 0.199. The van der Waals surface area contributed by atoms with Gasteiger partial charge in [-0.1, -0.05) is 18.2 Å². The summed E-state index contributed by atoms with van der Waals surface area (Å²) >= 11 is 0. The fourth-order valence-electron chi connectivity index (χ4n) is 2.74. The highest BCUT2D eigenvalue weighted by Gasteiger charge is 2.24. The summed E-state index contributed by atoms with van der Waals surface area (Å²) in [6.07, 6.45) is 3.86. The van der Waals surface area contributed by atoms with Crippen LogP contribution >= 0.6 is 0 Å². The van der Waals surface area contributed by atoms with Crippen molar-refractivity contribution in [2.45, 2.75) is 12.3 Å². The van der Waals surface area contributed by atoms with Crippen LogP contribution in [-0.2, 0) is 6.42 Å². The van der Waals surface area contributed by atoms with Crippen molar-refractivity contribution in [2.24, 2.45) is 0 Å². The maximum absolute atomic E-state index is 13.8. The molecule has 0 fully saturated rings. The first-order valence-electron chi connectivity index (χ1n) is 6.14. The zero-order chi connectivity index (χ0) is 12.5. The van der Waals surface area contributed by atoms with E-state index in [2.05, 4.69) is 29.1 Å². The Morgan fingerprint density at radius 2 is 2.11 bits per heavy atom. The second-order valence-electron chi connectivity index (χ2n) is 4.81. The van der Waals surface area contributed by atoms with Crippen LogP contribution in [0.15, 0.2) is 42.7 Å². The van der Waals surface area contributed by atoms with Gasteiger partial charge in [0.25, 0.3) is 0 Å². The third-order valence-corrected chi connectivity index (χ3v) is 3.61. The number of para-hydroxylation sites is 1. The van der Waals surface area contributed by atoms with E-state index in [0.29, 0.717) is 0 Å². The molecule has 92 valence electrons. The number of aromatic nitrogens is 1. The molecule has 2 aromatic rings. The van der Waals surface area contributed by atoms with Crippen molar-refractivity contribution < 1.29 is 4.39 Å². The van der Waals surface area contributed by atoms with Crippen molar-refractivity contribution in [1.82, 2.24) is 4.98 Å². The second kappa shape index (κ2) is 4.41. The van der Waals surface area contributed by atoms with Crippen LogP contribution in [0.5, 0.6) is 0 Å². The number of anilines is 1. The lowest BCUT2D eigenvalue weighted by molar-refractivity contribution is 0.556. The molecular formula is C15H15FN2. The van der Waals surface area contributed by atoms with E-state index in [4.69, 9.17) is 0 Å². The molecule has 1 aromatic heterocycles. The van der Waals surface area contributed by atoms with Crippen molar-refractivity contribution in [1.29, 1.82) is 0 Å². The molecule has 0 radical (unpaired) electrons. The van der Waals surface area contributed by atoms with Crippen LogP contribution in [0.4, 0.5) is 10.1 Å². The van der Waals surface area contributed by atoms with Gasteiger partial charge in [-0.3, -0.25) is 4.98 Å². The summed E-state index contributed by atoms with van der Waals surface area (Å²) in [7, 11) is 2.06. The first-order chi connectivity index (χ1) is 8.75. The third-order valence-electron chi connectivity index (χ3n) is 3.61. The van der Waals surface area contributed by atoms with Gasteiger partial charge < -0.3 is 4.90 Å². The fourth-order valence-corrected chi connectivity index (χ4v) is 2.74. The van der Waals surface area contributed by atoms with Crippen molar-refractivity contribution >= 4 is 5.69 Å². The van der Waals surface area contributed by atoms with Crippen LogP contribution in [0.25, 0.3) is 0 Å². The summed E-state index contributed by atoms with van der Waals surface area (Å²) in [6.45, 7) is 0.845. The predicted molar refractivity (Wildman–Crippen MR) is 70.4 cm³/mol. The molecule has 18 heavy (non-hydrogen) atoms. The van der Waals surface area contributed by atoms with Gasteiger partial charge in [0.15, 0.2) is 0 Å². The summed E-state index contributed by atoms with van der Waals surface area (Å²) in [5.41, 5.74) is 3.31. The molecule has 0 saturated heterocycles. The highest BCUT2D eigenvalue weighted by Crippen LogP contribution is 2.33. The van der Waals surface area contributed by atoms with Gasteiger partial charge >= 0.3 is 0 Å². The Morgan fingerprint density at radius 3 is 2.94 bits per heavy atom. The molecule has 0 bridgehead atoms. The van der Waals surface area contributed by atoms with Crippen LogP contribution in [-0.4, -0.2) is 18.6 Å². The van der Waals surface area contributed by atoms with Gasteiger partial charge in [-0.25, -0.2) is 4.39 Å². The monoisotopic (exact) mass is 242 g/mol. The Morgan fingerprint density at radius 1 is 1.28 bits per heavy atom. The highest BCUT2D eigenvalue weighted by molar-refractivity contribution is 5.56. The smallest absolute Gasteiger partial charge is 0.145 e. The molecule has 1 aromatic carbocycles. The largest absolute Gasteiger partial charge is 0.374 e. The van der Waals surface area contributed by atoms with E-state index in [0.717, 1.165) is 18.5 Å². The third kappa shape index (κ3) is 1.86. The van der Waals surface area contributed by atoms with Gasteiger partial charge in [0, 0.05) is 31.4 Å². The van der Waals surface area contributed by atoms with E-state index in [9.17, 15) is 4.39 Å². The Hall–Kier alpha value is -1.90. The standard InChI is InChI=1S/C15H15FN2/c1-18-10-12(13-6-7-17-9-14(13)16)8-11-4-2-3-5-15(11)18/h2-7,9,12H,8,10H2,1H3. The molecule has 0 aliphatic carbocycles. The number of nitrogens with zero attached hydrogens (tertiary/aromatic N) is 2. The molecule has 3 heteroatoms. The van der Waals surface area contributed by atoms with Gasteiger partial charge in [0.2, 0.25) is 0 Å². The Balaban J connectivity index is 1.97. The normalized spacial score (nSPS) is 18.6. The number of fused-ring (bicyclic) bond motifs is 1. The van der Waals surface area contributed by atoms with E-state index >= 15 is 0 Å². The summed E-state index contributed by atoms with van der Waals surface area (Å²) < 4.78 is 13.8. The SMILES string of the molecule is CN1CC(c2ccncc2F)Cc2ccccc21. The van der Waals surface area contributed by atoms with Crippen molar-refractivity contribution in [3.05, 3.63) is 59.7 Å². The number of hydrogen-bond donors (Lipinski definition) is 0. The molecule has 0 saturated carbocycles. The van der Waals surface area contributed by atoms with Crippen LogP contribution in [0.1, 0.15) is 17.0 Å². The Labute approximate surface area is 106 Å². The molecule has 3 rings (SSSR count). The first-order valence-corrected chi connectivity index (χ1v) is 6.14. The predicted octanol–water partition coefficient (Wildman–Crippen LogP) is 3.00. The maximum atomic E-state index is 13.8. The maximum Gasteiger partial charge on any atom is 0.145 e. The van der Waals surface area contributed by atoms with Crippen molar-refractivity contribution in [3.63, 3.8) is 0 Å². The fraction of sp³-hybridized carbons (Fsp3) is 0.267. The van der Waals surface area contributed by atoms with Gasteiger partial charge in [0.05, 0.1) is 6.20 Å². The van der Waals surface area contributed by atoms with Gasteiger partial charge in [-0.05, 0) is 29.7 Å². The zero-order valence-corrected chi connectivity index (χ0v) is 10.3. The lowest BCUT2D eigenvalue weighted by Gasteiger charge is -2.33.